The van der Waals surface area contributed by atoms with Gasteiger partial charge in [0.15, 0.2) is 0 Å². The van der Waals surface area contributed by atoms with Gasteiger partial charge in [0.25, 0.3) is 0 Å². The van der Waals surface area contributed by atoms with Gasteiger partial charge in [-0.25, -0.2) is 9.78 Å². The van der Waals surface area contributed by atoms with Crippen molar-refractivity contribution in [3.63, 3.8) is 0 Å². The maximum Gasteiger partial charge on any atom is 0.335 e. The highest BCUT2D eigenvalue weighted by atomic mass is 16.5. The summed E-state index contributed by atoms with van der Waals surface area (Å²) in [5.41, 5.74) is 1.93. The molecule has 1 saturated heterocycles. The Labute approximate surface area is 116 Å². The summed E-state index contributed by atoms with van der Waals surface area (Å²) >= 11 is 0. The van der Waals surface area contributed by atoms with E-state index >= 15 is 0 Å². The minimum Gasteiger partial charge on any atom is -0.478 e. The third-order valence-corrected chi connectivity index (χ3v) is 3.54. The summed E-state index contributed by atoms with van der Waals surface area (Å²) in [5.74, 6) is -0.926. The maximum atomic E-state index is 10.9. The van der Waals surface area contributed by atoms with Crippen LogP contribution in [0.15, 0.2) is 24.5 Å². The lowest BCUT2D eigenvalue weighted by atomic mass is 10.3. The number of pyridine rings is 1. The van der Waals surface area contributed by atoms with Crippen molar-refractivity contribution < 1.29 is 14.6 Å². The fourth-order valence-corrected chi connectivity index (χ4v) is 2.39. The Morgan fingerprint density at radius 1 is 1.40 bits per heavy atom. The lowest BCUT2D eigenvalue weighted by Crippen LogP contribution is -2.37. The zero-order valence-electron chi connectivity index (χ0n) is 11.2. The molecule has 3 heterocycles. The lowest BCUT2D eigenvalue weighted by molar-refractivity contribution is 0.0383. The highest BCUT2D eigenvalue weighted by Gasteiger charge is 2.11. The maximum absolute atomic E-state index is 10.9. The number of carboxylic acid groups (broad SMARTS) is 1. The van der Waals surface area contributed by atoms with Gasteiger partial charge in [0.1, 0.15) is 5.65 Å². The first kappa shape index (κ1) is 13.1. The molecular weight excluding hydrogens is 258 g/mol. The second kappa shape index (κ2) is 5.60. The van der Waals surface area contributed by atoms with Crippen LogP contribution in [0.3, 0.4) is 0 Å². The molecule has 6 nitrogen and oxygen atoms in total. The average Bonchev–Trinajstić information content (AvgIpc) is 2.88. The SMILES string of the molecule is O=C(O)c1ccn2cc(CCN3CCOCC3)nc2c1. The van der Waals surface area contributed by atoms with Crippen molar-refractivity contribution in [2.45, 2.75) is 6.42 Å². The minimum absolute atomic E-state index is 0.267. The van der Waals surface area contributed by atoms with Crippen LogP contribution in [0.2, 0.25) is 0 Å². The predicted octanol–water partition coefficient (Wildman–Crippen LogP) is 0.907. The highest BCUT2D eigenvalue weighted by Crippen LogP contribution is 2.10. The molecule has 6 heteroatoms. The molecule has 0 aliphatic carbocycles. The summed E-state index contributed by atoms with van der Waals surface area (Å²) in [4.78, 5) is 17.8. The highest BCUT2D eigenvalue weighted by molar-refractivity contribution is 5.88. The molecule has 1 aliphatic rings. The van der Waals surface area contributed by atoms with E-state index in [2.05, 4.69) is 9.88 Å². The van der Waals surface area contributed by atoms with Crippen molar-refractivity contribution >= 4 is 11.6 Å². The van der Waals surface area contributed by atoms with Gasteiger partial charge in [-0.15, -0.1) is 0 Å². The first-order chi connectivity index (χ1) is 9.72. The van der Waals surface area contributed by atoms with Gasteiger partial charge >= 0.3 is 5.97 Å². The molecule has 1 fully saturated rings. The lowest BCUT2D eigenvalue weighted by Gasteiger charge is -2.26. The van der Waals surface area contributed by atoms with E-state index in [0.717, 1.165) is 45.0 Å². The summed E-state index contributed by atoms with van der Waals surface area (Å²) in [5, 5.41) is 8.97. The number of ether oxygens (including phenoxy) is 1. The summed E-state index contributed by atoms with van der Waals surface area (Å²) in [6.45, 7) is 4.49. The number of hydrogen-bond donors (Lipinski definition) is 1. The third kappa shape index (κ3) is 2.81. The van der Waals surface area contributed by atoms with E-state index in [4.69, 9.17) is 9.84 Å². The fraction of sp³-hybridized carbons (Fsp3) is 0.429. The Balaban J connectivity index is 1.70. The molecule has 20 heavy (non-hydrogen) atoms. The Bertz CT molecular complexity index is 617. The third-order valence-electron chi connectivity index (χ3n) is 3.54. The van der Waals surface area contributed by atoms with E-state index in [0.29, 0.717) is 5.65 Å². The standard InChI is InChI=1S/C14H17N3O3/c18-14(19)11-1-4-17-10-12(15-13(17)9-11)2-3-16-5-7-20-8-6-16/h1,4,9-10H,2-3,5-8H2,(H,18,19). The molecule has 0 atom stereocenters. The molecule has 0 bridgehead atoms. The molecule has 2 aromatic heterocycles. The Morgan fingerprint density at radius 2 is 2.20 bits per heavy atom. The largest absolute Gasteiger partial charge is 0.478 e. The average molecular weight is 275 g/mol. The number of aromatic nitrogens is 2. The Kier molecular flexibility index (Phi) is 3.66. The van der Waals surface area contributed by atoms with Crippen LogP contribution in [0.1, 0.15) is 16.1 Å². The van der Waals surface area contributed by atoms with Gasteiger partial charge in [-0.05, 0) is 12.1 Å². The normalized spacial score (nSPS) is 16.6. The molecule has 0 radical (unpaired) electrons. The molecule has 1 aliphatic heterocycles. The quantitative estimate of drug-likeness (QED) is 0.898. The fourth-order valence-electron chi connectivity index (χ4n) is 2.39. The zero-order chi connectivity index (χ0) is 13.9. The predicted molar refractivity (Wildman–Crippen MR) is 73.1 cm³/mol. The smallest absolute Gasteiger partial charge is 0.335 e. The van der Waals surface area contributed by atoms with Crippen LogP contribution >= 0.6 is 0 Å². The van der Waals surface area contributed by atoms with Crippen molar-refractivity contribution in [3.8, 4) is 0 Å². The summed E-state index contributed by atoms with van der Waals surface area (Å²) in [7, 11) is 0. The minimum atomic E-state index is -0.926. The first-order valence-corrected chi connectivity index (χ1v) is 6.73. The van der Waals surface area contributed by atoms with Crippen molar-refractivity contribution in [2.75, 3.05) is 32.8 Å². The second-order valence-corrected chi connectivity index (χ2v) is 4.92. The number of carbonyl (C=O) groups is 1. The molecule has 0 spiro atoms. The molecule has 0 unspecified atom stereocenters. The number of morpholine rings is 1. The number of carboxylic acids is 1. The van der Waals surface area contributed by atoms with Crippen LogP contribution < -0.4 is 0 Å². The molecule has 3 rings (SSSR count). The molecular formula is C14H17N3O3. The van der Waals surface area contributed by atoms with Crippen molar-refractivity contribution in [3.05, 3.63) is 35.8 Å². The van der Waals surface area contributed by atoms with Crippen molar-refractivity contribution in [2.24, 2.45) is 0 Å². The van der Waals surface area contributed by atoms with Crippen molar-refractivity contribution in [1.82, 2.24) is 14.3 Å². The Morgan fingerprint density at radius 3 is 2.95 bits per heavy atom. The van der Waals surface area contributed by atoms with E-state index in [9.17, 15) is 4.79 Å². The molecule has 1 N–H and O–H groups in total. The van der Waals surface area contributed by atoms with Crippen LogP contribution in [0.5, 0.6) is 0 Å². The second-order valence-electron chi connectivity index (χ2n) is 4.92. The van der Waals surface area contributed by atoms with E-state index in [1.54, 1.807) is 18.3 Å². The topological polar surface area (TPSA) is 67.1 Å². The number of rotatable bonds is 4. The molecule has 106 valence electrons. The van der Waals surface area contributed by atoms with Crippen LogP contribution in [0.4, 0.5) is 0 Å². The first-order valence-electron chi connectivity index (χ1n) is 6.73. The van der Waals surface area contributed by atoms with Gasteiger partial charge in [0.2, 0.25) is 0 Å². The van der Waals surface area contributed by atoms with E-state index in [-0.39, 0.29) is 5.56 Å². The van der Waals surface area contributed by atoms with Gasteiger partial charge in [-0.1, -0.05) is 0 Å². The number of fused-ring (bicyclic) bond motifs is 1. The zero-order valence-corrected chi connectivity index (χ0v) is 11.2. The summed E-state index contributed by atoms with van der Waals surface area (Å²) in [6, 6.07) is 3.18. The number of imidazole rings is 1. The molecule has 0 amide bonds. The molecule has 0 saturated carbocycles. The van der Waals surface area contributed by atoms with Gasteiger partial charge in [0, 0.05) is 38.4 Å². The van der Waals surface area contributed by atoms with Crippen LogP contribution in [-0.4, -0.2) is 58.2 Å². The van der Waals surface area contributed by atoms with Gasteiger partial charge in [-0.2, -0.15) is 0 Å². The van der Waals surface area contributed by atoms with Gasteiger partial charge in [-0.3, -0.25) is 4.90 Å². The molecule has 2 aromatic rings. The summed E-state index contributed by atoms with van der Waals surface area (Å²) in [6.07, 6.45) is 4.56. The number of aromatic carboxylic acids is 1. The summed E-state index contributed by atoms with van der Waals surface area (Å²) < 4.78 is 7.18. The Hall–Kier alpha value is -1.92. The number of hydrogen-bond acceptors (Lipinski definition) is 4. The molecule has 0 aromatic carbocycles. The monoisotopic (exact) mass is 275 g/mol. The van der Waals surface area contributed by atoms with Crippen LogP contribution in [0, 0.1) is 0 Å². The van der Waals surface area contributed by atoms with E-state index in [1.165, 1.54) is 0 Å². The van der Waals surface area contributed by atoms with Crippen LogP contribution in [0.25, 0.3) is 5.65 Å². The number of nitrogens with zero attached hydrogens (tertiary/aromatic N) is 3. The van der Waals surface area contributed by atoms with Crippen molar-refractivity contribution in [1.29, 1.82) is 0 Å². The van der Waals surface area contributed by atoms with Crippen LogP contribution in [-0.2, 0) is 11.2 Å². The van der Waals surface area contributed by atoms with Gasteiger partial charge in [0.05, 0.1) is 24.5 Å². The van der Waals surface area contributed by atoms with Gasteiger partial charge < -0.3 is 14.2 Å². The van der Waals surface area contributed by atoms with E-state index in [1.807, 2.05) is 10.6 Å². The van der Waals surface area contributed by atoms with E-state index < -0.39 is 5.97 Å².